The summed E-state index contributed by atoms with van der Waals surface area (Å²) >= 11 is 0. The predicted molar refractivity (Wildman–Crippen MR) is 31.5 cm³/mol. The average Bonchev–Trinajstić information content (AvgIpc) is 1.65. The van der Waals surface area contributed by atoms with Gasteiger partial charge in [-0.1, -0.05) is 6.92 Å². The van der Waals surface area contributed by atoms with Crippen molar-refractivity contribution in [3.05, 3.63) is 0 Å². The first-order valence-corrected chi connectivity index (χ1v) is 2.16. The zero-order valence-corrected chi connectivity index (χ0v) is 5.42. The van der Waals surface area contributed by atoms with Gasteiger partial charge in [0.05, 0.1) is 0 Å². The number of nitrogens with two attached hydrogens (primary N) is 1. The molecule has 0 saturated heterocycles. The van der Waals surface area contributed by atoms with Gasteiger partial charge in [0.2, 0.25) is 6.43 Å². The van der Waals surface area contributed by atoms with Crippen LogP contribution in [-0.4, -0.2) is 13.0 Å². The first kappa shape index (κ1) is 11.0. The van der Waals surface area contributed by atoms with Crippen LogP contribution in [0.2, 0.25) is 0 Å². The maximum Gasteiger partial charge on any atom is 0.242 e. The van der Waals surface area contributed by atoms with Crippen molar-refractivity contribution in [1.82, 2.24) is 0 Å². The molecule has 1 atom stereocenters. The predicted octanol–water partition coefficient (Wildman–Crippen LogP) is 1.27. The summed E-state index contributed by atoms with van der Waals surface area (Å²) in [6.07, 6.45) is -2.26. The SMILES string of the molecule is CC(CN)C(F)F.Cl. The lowest BCUT2D eigenvalue weighted by molar-refractivity contribution is 0.0906. The minimum atomic E-state index is -2.26. The summed E-state index contributed by atoms with van der Waals surface area (Å²) in [5, 5.41) is 0. The summed E-state index contributed by atoms with van der Waals surface area (Å²) in [6.45, 7) is 1.49. The lowest BCUT2D eigenvalue weighted by atomic mass is 10.2. The van der Waals surface area contributed by atoms with Crippen LogP contribution in [-0.2, 0) is 0 Å². The zero-order chi connectivity index (χ0) is 5.86. The van der Waals surface area contributed by atoms with E-state index in [0.717, 1.165) is 0 Å². The second-order valence-electron chi connectivity index (χ2n) is 1.55. The monoisotopic (exact) mass is 145 g/mol. The van der Waals surface area contributed by atoms with Crippen LogP contribution in [0.15, 0.2) is 0 Å². The van der Waals surface area contributed by atoms with Crippen molar-refractivity contribution in [3.63, 3.8) is 0 Å². The largest absolute Gasteiger partial charge is 0.330 e. The van der Waals surface area contributed by atoms with E-state index >= 15 is 0 Å². The molecule has 0 rings (SSSR count). The summed E-state index contributed by atoms with van der Waals surface area (Å²) in [5.41, 5.74) is 4.89. The van der Waals surface area contributed by atoms with Crippen molar-refractivity contribution >= 4 is 12.4 Å². The fourth-order valence-electron chi connectivity index (χ4n) is 0.103. The molecule has 0 radical (unpaired) electrons. The van der Waals surface area contributed by atoms with E-state index in [9.17, 15) is 8.78 Å². The first-order chi connectivity index (χ1) is 3.18. The van der Waals surface area contributed by atoms with Crippen LogP contribution in [0.5, 0.6) is 0 Å². The van der Waals surface area contributed by atoms with Gasteiger partial charge in [-0.3, -0.25) is 0 Å². The van der Waals surface area contributed by atoms with Gasteiger partial charge in [0.25, 0.3) is 0 Å². The number of hydrogen-bond acceptors (Lipinski definition) is 1. The second kappa shape index (κ2) is 5.25. The molecule has 4 heteroatoms. The molecule has 0 bridgehead atoms. The molecule has 0 saturated carbocycles. The van der Waals surface area contributed by atoms with Crippen molar-refractivity contribution < 1.29 is 8.78 Å². The Bertz CT molecular complexity index is 51.3. The van der Waals surface area contributed by atoms with Crippen LogP contribution < -0.4 is 5.73 Å². The molecule has 0 heterocycles. The first-order valence-electron chi connectivity index (χ1n) is 2.16. The molecular formula is C4H10ClF2N. The van der Waals surface area contributed by atoms with E-state index in [4.69, 9.17) is 5.73 Å². The minimum absolute atomic E-state index is 0. The Kier molecular flexibility index (Phi) is 7.21. The van der Waals surface area contributed by atoms with Crippen LogP contribution in [0.3, 0.4) is 0 Å². The van der Waals surface area contributed by atoms with Gasteiger partial charge >= 0.3 is 0 Å². The molecule has 2 N–H and O–H groups in total. The zero-order valence-electron chi connectivity index (χ0n) is 4.60. The van der Waals surface area contributed by atoms with Crippen LogP contribution in [0.1, 0.15) is 6.92 Å². The van der Waals surface area contributed by atoms with Crippen LogP contribution in [0.25, 0.3) is 0 Å². The number of hydrogen-bond donors (Lipinski definition) is 1. The Labute approximate surface area is 53.7 Å². The third-order valence-electron chi connectivity index (χ3n) is 0.802. The van der Waals surface area contributed by atoms with Gasteiger partial charge < -0.3 is 5.73 Å². The van der Waals surface area contributed by atoms with Crippen LogP contribution >= 0.6 is 12.4 Å². The average molecular weight is 146 g/mol. The maximum absolute atomic E-state index is 11.3. The van der Waals surface area contributed by atoms with Gasteiger partial charge in [-0.15, -0.1) is 12.4 Å². The summed E-state index contributed by atoms with van der Waals surface area (Å²) in [5.74, 6) is -0.653. The van der Waals surface area contributed by atoms with Crippen molar-refractivity contribution in [1.29, 1.82) is 0 Å². The van der Waals surface area contributed by atoms with Crippen molar-refractivity contribution in [2.45, 2.75) is 13.3 Å². The Hall–Kier alpha value is 0.110. The van der Waals surface area contributed by atoms with Gasteiger partial charge in [-0.05, 0) is 0 Å². The smallest absolute Gasteiger partial charge is 0.242 e. The van der Waals surface area contributed by atoms with Crippen LogP contribution in [0, 0.1) is 5.92 Å². The lowest BCUT2D eigenvalue weighted by Gasteiger charge is -2.03. The molecule has 0 aromatic rings. The molecule has 0 aliphatic carbocycles. The molecule has 1 nitrogen and oxygen atoms in total. The van der Waals surface area contributed by atoms with E-state index in [0.29, 0.717) is 0 Å². The molecule has 52 valence electrons. The molecular weight excluding hydrogens is 136 g/mol. The molecule has 0 aliphatic heterocycles. The molecule has 0 aromatic carbocycles. The van der Waals surface area contributed by atoms with Gasteiger partial charge in [0.1, 0.15) is 0 Å². The molecule has 0 aliphatic rings. The molecule has 0 amide bonds. The Morgan fingerprint density at radius 3 is 1.88 bits per heavy atom. The van der Waals surface area contributed by atoms with Gasteiger partial charge in [0, 0.05) is 12.5 Å². The quantitative estimate of drug-likeness (QED) is 0.622. The van der Waals surface area contributed by atoms with Crippen LogP contribution in [0.4, 0.5) is 8.78 Å². The number of alkyl halides is 2. The number of halogens is 3. The summed E-state index contributed by atoms with van der Waals surface area (Å²) in [7, 11) is 0. The Morgan fingerprint density at radius 2 is 1.88 bits per heavy atom. The van der Waals surface area contributed by atoms with Gasteiger partial charge in [0.15, 0.2) is 0 Å². The highest BCUT2D eigenvalue weighted by molar-refractivity contribution is 5.85. The highest BCUT2D eigenvalue weighted by Crippen LogP contribution is 2.04. The molecule has 8 heavy (non-hydrogen) atoms. The normalized spacial score (nSPS) is 13.1. The third-order valence-corrected chi connectivity index (χ3v) is 0.802. The second-order valence-corrected chi connectivity index (χ2v) is 1.55. The maximum atomic E-state index is 11.3. The summed E-state index contributed by atoms with van der Waals surface area (Å²) < 4.78 is 22.7. The molecule has 0 aromatic heterocycles. The summed E-state index contributed by atoms with van der Waals surface area (Å²) in [4.78, 5) is 0. The van der Waals surface area contributed by atoms with Crippen molar-refractivity contribution in [2.75, 3.05) is 6.54 Å². The fourth-order valence-corrected chi connectivity index (χ4v) is 0.103. The van der Waals surface area contributed by atoms with E-state index in [-0.39, 0.29) is 19.0 Å². The van der Waals surface area contributed by atoms with Gasteiger partial charge in [-0.25, -0.2) is 8.78 Å². The van der Waals surface area contributed by atoms with E-state index < -0.39 is 12.3 Å². The van der Waals surface area contributed by atoms with Gasteiger partial charge in [-0.2, -0.15) is 0 Å². The minimum Gasteiger partial charge on any atom is -0.330 e. The van der Waals surface area contributed by atoms with Crippen molar-refractivity contribution in [2.24, 2.45) is 11.7 Å². The van der Waals surface area contributed by atoms with Crippen molar-refractivity contribution in [3.8, 4) is 0 Å². The molecule has 0 fully saturated rings. The Morgan fingerprint density at radius 1 is 1.50 bits per heavy atom. The third kappa shape index (κ3) is 4.27. The Balaban J connectivity index is 0. The highest BCUT2D eigenvalue weighted by atomic mass is 35.5. The molecule has 0 spiro atoms. The topological polar surface area (TPSA) is 26.0 Å². The van der Waals surface area contributed by atoms with E-state index in [2.05, 4.69) is 0 Å². The fraction of sp³-hybridized carbons (Fsp3) is 1.00. The number of rotatable bonds is 2. The van der Waals surface area contributed by atoms with E-state index in [1.54, 1.807) is 0 Å². The highest BCUT2D eigenvalue weighted by Gasteiger charge is 2.10. The lowest BCUT2D eigenvalue weighted by Crippen LogP contribution is -2.17. The van der Waals surface area contributed by atoms with E-state index in [1.807, 2.05) is 0 Å². The summed E-state index contributed by atoms with van der Waals surface area (Å²) in [6, 6.07) is 0. The standard InChI is InChI=1S/C4H9F2N.ClH/c1-3(2-7)4(5)6;/h3-4H,2,7H2,1H3;1H. The van der Waals surface area contributed by atoms with E-state index in [1.165, 1.54) is 6.92 Å². The molecule has 1 unspecified atom stereocenters.